The minimum atomic E-state index is -0.887. The van der Waals surface area contributed by atoms with E-state index in [0.717, 1.165) is 23.2 Å². The highest BCUT2D eigenvalue weighted by atomic mass is 16.2. The summed E-state index contributed by atoms with van der Waals surface area (Å²) in [7, 11) is 0. The smallest absolute Gasteiger partial charge is 0.240 e. The van der Waals surface area contributed by atoms with Crippen molar-refractivity contribution in [3.05, 3.63) is 29.3 Å². The Bertz CT molecular complexity index is 619. The highest BCUT2D eigenvalue weighted by molar-refractivity contribution is 6.13. The van der Waals surface area contributed by atoms with E-state index in [0.29, 0.717) is 24.7 Å². The Hall–Kier alpha value is -1.84. The highest BCUT2D eigenvalue weighted by Gasteiger charge is 2.56. The number of amides is 2. The van der Waals surface area contributed by atoms with Gasteiger partial charge in [-0.25, -0.2) is 0 Å². The second kappa shape index (κ2) is 7.59. The number of benzene rings is 1. The van der Waals surface area contributed by atoms with Gasteiger partial charge in [-0.05, 0) is 49.1 Å². The van der Waals surface area contributed by atoms with E-state index in [1.165, 1.54) is 0 Å². The molecule has 0 bridgehead atoms. The molecule has 1 atom stereocenters. The van der Waals surface area contributed by atoms with Crippen LogP contribution in [0.1, 0.15) is 83.8 Å². The molecule has 1 aromatic rings. The molecule has 1 unspecified atom stereocenters. The van der Waals surface area contributed by atoms with E-state index in [9.17, 15) is 9.59 Å². The Morgan fingerprint density at radius 3 is 1.92 bits per heavy atom. The van der Waals surface area contributed by atoms with Gasteiger partial charge in [0, 0.05) is 11.7 Å². The van der Waals surface area contributed by atoms with Crippen molar-refractivity contribution in [3.8, 4) is 0 Å². The minimum Gasteiger partial charge on any atom is -0.353 e. The van der Waals surface area contributed by atoms with E-state index in [2.05, 4.69) is 50.5 Å². The van der Waals surface area contributed by atoms with Crippen molar-refractivity contribution < 1.29 is 9.59 Å². The SMILES string of the molecule is CCC(C)NC(=O)C1(C(=O)Nc2c(C(C)C)cccc2C(C)C)CC1. The summed E-state index contributed by atoms with van der Waals surface area (Å²) in [6, 6.07) is 6.26. The maximum Gasteiger partial charge on any atom is 0.240 e. The lowest BCUT2D eigenvalue weighted by atomic mass is 9.92. The van der Waals surface area contributed by atoms with Crippen molar-refractivity contribution >= 4 is 17.5 Å². The minimum absolute atomic E-state index is 0.0898. The molecule has 0 spiro atoms. The molecule has 0 heterocycles. The van der Waals surface area contributed by atoms with Crippen LogP contribution in [-0.2, 0) is 9.59 Å². The van der Waals surface area contributed by atoms with Crippen LogP contribution in [-0.4, -0.2) is 17.9 Å². The molecule has 1 aliphatic rings. The molecule has 2 N–H and O–H groups in total. The third kappa shape index (κ3) is 4.05. The maximum absolute atomic E-state index is 13.0. The summed E-state index contributed by atoms with van der Waals surface area (Å²) in [4.78, 5) is 25.6. The predicted molar refractivity (Wildman–Crippen MR) is 103 cm³/mol. The lowest BCUT2D eigenvalue weighted by Gasteiger charge is -2.23. The predicted octanol–water partition coefficient (Wildman–Crippen LogP) is 4.57. The van der Waals surface area contributed by atoms with Gasteiger partial charge in [0.05, 0.1) is 0 Å². The molecule has 2 amide bonds. The molecular weight excluding hydrogens is 312 g/mol. The molecule has 0 aliphatic heterocycles. The van der Waals surface area contributed by atoms with Gasteiger partial charge in [0.15, 0.2) is 0 Å². The van der Waals surface area contributed by atoms with Crippen LogP contribution in [0, 0.1) is 5.41 Å². The van der Waals surface area contributed by atoms with Crippen molar-refractivity contribution in [2.24, 2.45) is 5.41 Å². The van der Waals surface area contributed by atoms with Crippen LogP contribution in [0.5, 0.6) is 0 Å². The Kier molecular flexibility index (Phi) is 5.91. The number of carbonyl (C=O) groups is 2. The Morgan fingerprint density at radius 2 is 1.52 bits per heavy atom. The Morgan fingerprint density at radius 1 is 1.00 bits per heavy atom. The first kappa shape index (κ1) is 19.5. The summed E-state index contributed by atoms with van der Waals surface area (Å²) in [5, 5.41) is 6.09. The topological polar surface area (TPSA) is 58.2 Å². The quantitative estimate of drug-likeness (QED) is 0.712. The standard InChI is InChI=1S/C21H32N2O2/c1-7-15(6)22-19(24)21(11-12-21)20(25)23-18-16(13(2)3)9-8-10-17(18)14(4)5/h8-10,13-15H,7,11-12H2,1-6H3,(H,22,24)(H,23,25). The van der Waals surface area contributed by atoms with Crippen LogP contribution in [0.15, 0.2) is 18.2 Å². The Balaban J connectivity index is 2.27. The fraction of sp³-hybridized carbons (Fsp3) is 0.619. The van der Waals surface area contributed by atoms with Gasteiger partial charge < -0.3 is 10.6 Å². The first-order valence-electron chi connectivity index (χ1n) is 9.48. The summed E-state index contributed by atoms with van der Waals surface area (Å²) < 4.78 is 0. The fourth-order valence-electron chi connectivity index (χ4n) is 3.07. The van der Waals surface area contributed by atoms with Crippen molar-refractivity contribution in [1.29, 1.82) is 0 Å². The molecule has 1 aliphatic carbocycles. The average molecular weight is 344 g/mol. The largest absolute Gasteiger partial charge is 0.353 e. The molecule has 0 radical (unpaired) electrons. The molecule has 0 saturated heterocycles. The summed E-state index contributed by atoms with van der Waals surface area (Å²) in [5.41, 5.74) is 2.25. The number of nitrogens with one attached hydrogen (secondary N) is 2. The summed E-state index contributed by atoms with van der Waals surface area (Å²) in [5.74, 6) is 0.312. The number of anilines is 1. The van der Waals surface area contributed by atoms with E-state index in [4.69, 9.17) is 0 Å². The van der Waals surface area contributed by atoms with E-state index in [-0.39, 0.29) is 17.9 Å². The van der Waals surface area contributed by atoms with Gasteiger partial charge in [-0.15, -0.1) is 0 Å². The zero-order valence-corrected chi connectivity index (χ0v) is 16.4. The van der Waals surface area contributed by atoms with Crippen LogP contribution in [0.4, 0.5) is 5.69 Å². The molecule has 1 aromatic carbocycles. The third-order valence-corrected chi connectivity index (χ3v) is 5.22. The molecule has 2 rings (SSSR count). The van der Waals surface area contributed by atoms with E-state index in [1.54, 1.807) is 0 Å². The van der Waals surface area contributed by atoms with Gasteiger partial charge in [0.1, 0.15) is 5.41 Å². The van der Waals surface area contributed by atoms with Crippen LogP contribution >= 0.6 is 0 Å². The maximum atomic E-state index is 13.0. The molecule has 1 fully saturated rings. The lowest BCUT2D eigenvalue weighted by Crippen LogP contribution is -2.43. The lowest BCUT2D eigenvalue weighted by molar-refractivity contribution is -0.134. The van der Waals surface area contributed by atoms with E-state index >= 15 is 0 Å². The van der Waals surface area contributed by atoms with Crippen molar-refractivity contribution in [3.63, 3.8) is 0 Å². The highest BCUT2D eigenvalue weighted by Crippen LogP contribution is 2.47. The Labute approximate surface area is 151 Å². The van der Waals surface area contributed by atoms with Crippen molar-refractivity contribution in [1.82, 2.24) is 5.32 Å². The molecule has 0 aromatic heterocycles. The van der Waals surface area contributed by atoms with Gasteiger partial charge in [0.25, 0.3) is 0 Å². The summed E-state index contributed by atoms with van der Waals surface area (Å²) in [6.45, 7) is 12.5. The molecule has 138 valence electrons. The summed E-state index contributed by atoms with van der Waals surface area (Å²) in [6.07, 6.45) is 2.11. The van der Waals surface area contributed by atoms with Gasteiger partial charge in [0.2, 0.25) is 11.8 Å². The number of carbonyl (C=O) groups excluding carboxylic acids is 2. The van der Waals surface area contributed by atoms with Crippen LogP contribution < -0.4 is 10.6 Å². The zero-order valence-electron chi connectivity index (χ0n) is 16.4. The number of rotatable bonds is 7. The normalized spacial score (nSPS) is 16.6. The van der Waals surface area contributed by atoms with Crippen LogP contribution in [0.25, 0.3) is 0 Å². The number of hydrogen-bond acceptors (Lipinski definition) is 2. The second-order valence-electron chi connectivity index (χ2n) is 7.94. The monoisotopic (exact) mass is 344 g/mol. The molecular formula is C21H32N2O2. The molecule has 4 nitrogen and oxygen atoms in total. The average Bonchev–Trinajstić information content (AvgIpc) is 3.36. The first-order chi connectivity index (χ1) is 11.7. The zero-order chi connectivity index (χ0) is 18.8. The molecule has 25 heavy (non-hydrogen) atoms. The molecule has 1 saturated carbocycles. The first-order valence-corrected chi connectivity index (χ1v) is 9.48. The van der Waals surface area contributed by atoms with Crippen molar-refractivity contribution in [2.45, 2.75) is 78.7 Å². The van der Waals surface area contributed by atoms with Gasteiger partial charge in [-0.2, -0.15) is 0 Å². The van der Waals surface area contributed by atoms with Gasteiger partial charge in [-0.1, -0.05) is 52.8 Å². The van der Waals surface area contributed by atoms with E-state index < -0.39 is 5.41 Å². The van der Waals surface area contributed by atoms with Gasteiger partial charge in [-0.3, -0.25) is 9.59 Å². The van der Waals surface area contributed by atoms with Crippen molar-refractivity contribution in [2.75, 3.05) is 5.32 Å². The fourth-order valence-corrected chi connectivity index (χ4v) is 3.07. The second-order valence-corrected chi connectivity index (χ2v) is 7.94. The van der Waals surface area contributed by atoms with Gasteiger partial charge >= 0.3 is 0 Å². The van der Waals surface area contributed by atoms with Crippen LogP contribution in [0.2, 0.25) is 0 Å². The number of para-hydroxylation sites is 1. The third-order valence-electron chi connectivity index (χ3n) is 5.22. The number of hydrogen-bond donors (Lipinski definition) is 2. The summed E-state index contributed by atoms with van der Waals surface area (Å²) >= 11 is 0. The van der Waals surface area contributed by atoms with Crippen LogP contribution in [0.3, 0.4) is 0 Å². The molecule has 4 heteroatoms. The van der Waals surface area contributed by atoms with E-state index in [1.807, 2.05) is 19.9 Å².